The zero-order valence-electron chi connectivity index (χ0n) is 17.2. The molecule has 0 radical (unpaired) electrons. The van der Waals surface area contributed by atoms with E-state index in [0.29, 0.717) is 17.4 Å². The molecule has 0 aliphatic rings. The van der Waals surface area contributed by atoms with Gasteiger partial charge in [-0.25, -0.2) is 4.98 Å². The molecule has 3 aromatic carbocycles. The molecular weight excluding hydrogens is 440 g/mol. The molecule has 4 nitrogen and oxygen atoms in total. The van der Waals surface area contributed by atoms with Gasteiger partial charge in [-0.1, -0.05) is 41.9 Å². The molecule has 0 amide bonds. The van der Waals surface area contributed by atoms with Gasteiger partial charge in [0.15, 0.2) is 5.58 Å². The Bertz CT molecular complexity index is 1240. The summed E-state index contributed by atoms with van der Waals surface area (Å²) in [7, 11) is 0. The first kappa shape index (κ1) is 20.4. The van der Waals surface area contributed by atoms with Gasteiger partial charge in [0.25, 0.3) is 0 Å². The zero-order chi connectivity index (χ0) is 21.3. The van der Waals surface area contributed by atoms with Crippen molar-refractivity contribution in [2.24, 2.45) is 4.99 Å². The van der Waals surface area contributed by atoms with Crippen molar-refractivity contribution < 1.29 is 9.52 Å². The predicted octanol–water partition coefficient (Wildman–Crippen LogP) is 7.54. The van der Waals surface area contributed by atoms with Crippen LogP contribution in [-0.4, -0.2) is 16.3 Å². The zero-order valence-corrected chi connectivity index (χ0v) is 18.8. The average molecular weight is 463 g/mol. The Hall–Kier alpha value is -2.92. The Labute approximate surface area is 184 Å². The summed E-state index contributed by atoms with van der Waals surface area (Å²) in [6.07, 6.45) is 2.75. The van der Waals surface area contributed by atoms with E-state index >= 15 is 0 Å². The van der Waals surface area contributed by atoms with Crippen LogP contribution in [0.5, 0.6) is 5.75 Å². The van der Waals surface area contributed by atoms with Crippen molar-refractivity contribution in [1.29, 1.82) is 0 Å². The highest BCUT2D eigenvalue weighted by atomic mass is 79.9. The first-order valence-electron chi connectivity index (χ1n) is 9.98. The van der Waals surface area contributed by atoms with Crippen LogP contribution in [0.25, 0.3) is 22.6 Å². The summed E-state index contributed by atoms with van der Waals surface area (Å²) in [5.74, 6) is 1.30. The molecule has 4 rings (SSSR count). The number of aromatic hydroxyl groups is 1. The van der Waals surface area contributed by atoms with E-state index in [9.17, 15) is 5.11 Å². The molecule has 1 unspecified atom stereocenters. The topological polar surface area (TPSA) is 58.6 Å². The van der Waals surface area contributed by atoms with Crippen LogP contribution in [0.15, 0.2) is 68.5 Å². The number of aryl methyl sites for hydroxylation is 1. The minimum Gasteiger partial charge on any atom is -0.507 e. The molecule has 1 atom stereocenters. The summed E-state index contributed by atoms with van der Waals surface area (Å²) in [6.45, 7) is 6.26. The monoisotopic (exact) mass is 462 g/mol. The molecular formula is C25H23BrN2O2. The highest BCUT2D eigenvalue weighted by molar-refractivity contribution is 9.10. The van der Waals surface area contributed by atoms with Crippen molar-refractivity contribution in [2.75, 3.05) is 0 Å². The molecule has 0 saturated carbocycles. The first-order valence-corrected chi connectivity index (χ1v) is 10.8. The van der Waals surface area contributed by atoms with E-state index in [1.807, 2.05) is 49.4 Å². The SMILES string of the molecule is CCC(C)c1ccc2oc(-c3cccc(N=Cc4cc(Br)cc(C)c4O)c3)nc2c1. The molecule has 1 N–H and O–H groups in total. The van der Waals surface area contributed by atoms with E-state index in [0.717, 1.165) is 38.8 Å². The molecule has 0 spiro atoms. The standard InChI is InChI=1S/C25H23BrN2O2/c1-4-15(2)17-8-9-23-22(13-17)28-25(30-23)18-6-5-7-21(12-18)27-14-19-11-20(26)10-16(3)24(19)29/h5-15,29H,4H2,1-3H3. The third kappa shape index (κ3) is 4.17. The number of hydrogen-bond acceptors (Lipinski definition) is 4. The molecule has 0 bridgehead atoms. The molecule has 5 heteroatoms. The van der Waals surface area contributed by atoms with E-state index in [-0.39, 0.29) is 5.75 Å². The normalized spacial score (nSPS) is 12.7. The Morgan fingerprint density at radius 2 is 2.00 bits per heavy atom. The van der Waals surface area contributed by atoms with E-state index in [2.05, 4.69) is 46.9 Å². The maximum absolute atomic E-state index is 10.3. The Morgan fingerprint density at radius 3 is 2.80 bits per heavy atom. The summed E-state index contributed by atoms with van der Waals surface area (Å²) in [6, 6.07) is 17.6. The van der Waals surface area contributed by atoms with Crippen LogP contribution in [0, 0.1) is 6.92 Å². The van der Waals surface area contributed by atoms with Crippen molar-refractivity contribution in [2.45, 2.75) is 33.1 Å². The lowest BCUT2D eigenvalue weighted by Gasteiger charge is -2.07. The fourth-order valence-corrected chi connectivity index (χ4v) is 3.92. The lowest BCUT2D eigenvalue weighted by atomic mass is 9.98. The van der Waals surface area contributed by atoms with Crippen molar-refractivity contribution in [1.82, 2.24) is 4.98 Å². The van der Waals surface area contributed by atoms with Gasteiger partial charge in [-0.05, 0) is 72.9 Å². The molecule has 30 heavy (non-hydrogen) atoms. The minimum absolute atomic E-state index is 0.231. The Balaban J connectivity index is 1.65. The van der Waals surface area contributed by atoms with Gasteiger partial charge in [-0.2, -0.15) is 0 Å². The number of rotatable bonds is 5. The van der Waals surface area contributed by atoms with Gasteiger partial charge in [0.05, 0.1) is 5.69 Å². The highest BCUT2D eigenvalue weighted by Gasteiger charge is 2.11. The van der Waals surface area contributed by atoms with E-state index < -0.39 is 0 Å². The van der Waals surface area contributed by atoms with Crippen LogP contribution in [-0.2, 0) is 0 Å². The van der Waals surface area contributed by atoms with Gasteiger partial charge in [-0.15, -0.1) is 0 Å². The van der Waals surface area contributed by atoms with E-state index in [4.69, 9.17) is 9.40 Å². The predicted molar refractivity (Wildman–Crippen MR) is 126 cm³/mol. The third-order valence-electron chi connectivity index (χ3n) is 5.33. The smallest absolute Gasteiger partial charge is 0.227 e. The maximum Gasteiger partial charge on any atom is 0.227 e. The van der Waals surface area contributed by atoms with E-state index in [1.165, 1.54) is 5.56 Å². The van der Waals surface area contributed by atoms with Crippen LogP contribution in [0.1, 0.15) is 42.9 Å². The number of aromatic nitrogens is 1. The van der Waals surface area contributed by atoms with Gasteiger partial charge >= 0.3 is 0 Å². The molecule has 0 aliphatic carbocycles. The molecule has 0 fully saturated rings. The number of phenols is 1. The second-order valence-electron chi connectivity index (χ2n) is 7.52. The van der Waals surface area contributed by atoms with Crippen molar-refractivity contribution in [3.8, 4) is 17.2 Å². The van der Waals surface area contributed by atoms with Crippen LogP contribution in [0.3, 0.4) is 0 Å². The third-order valence-corrected chi connectivity index (χ3v) is 5.79. The minimum atomic E-state index is 0.231. The number of phenolic OH excluding ortho intramolecular Hbond substituents is 1. The summed E-state index contributed by atoms with van der Waals surface area (Å²) in [5.41, 5.74) is 5.99. The molecule has 4 aromatic rings. The fourth-order valence-electron chi connectivity index (χ4n) is 3.33. The second kappa shape index (κ2) is 8.44. The summed E-state index contributed by atoms with van der Waals surface area (Å²) in [4.78, 5) is 9.23. The number of nitrogens with zero attached hydrogens (tertiary/aromatic N) is 2. The van der Waals surface area contributed by atoms with Crippen molar-refractivity contribution >= 4 is 38.9 Å². The van der Waals surface area contributed by atoms with Gasteiger partial charge in [0.2, 0.25) is 5.89 Å². The summed E-state index contributed by atoms with van der Waals surface area (Å²) >= 11 is 3.46. The van der Waals surface area contributed by atoms with Crippen LogP contribution >= 0.6 is 15.9 Å². The Kier molecular flexibility index (Phi) is 5.73. The molecule has 152 valence electrons. The van der Waals surface area contributed by atoms with Crippen LogP contribution < -0.4 is 0 Å². The molecule has 1 aromatic heterocycles. The number of hydrogen-bond donors (Lipinski definition) is 1. The molecule has 1 heterocycles. The van der Waals surface area contributed by atoms with Gasteiger partial charge < -0.3 is 9.52 Å². The first-order chi connectivity index (χ1) is 14.4. The maximum atomic E-state index is 10.3. The van der Waals surface area contributed by atoms with Gasteiger partial charge in [0, 0.05) is 21.8 Å². The largest absolute Gasteiger partial charge is 0.507 e. The summed E-state index contributed by atoms with van der Waals surface area (Å²) in [5, 5.41) is 10.3. The number of fused-ring (bicyclic) bond motifs is 1. The number of oxazole rings is 1. The van der Waals surface area contributed by atoms with Crippen LogP contribution in [0.2, 0.25) is 0 Å². The number of halogens is 1. The average Bonchev–Trinajstić information content (AvgIpc) is 3.18. The van der Waals surface area contributed by atoms with Crippen molar-refractivity contribution in [3.63, 3.8) is 0 Å². The fraction of sp³-hybridized carbons (Fsp3) is 0.200. The lowest BCUT2D eigenvalue weighted by molar-refractivity contribution is 0.470. The Morgan fingerprint density at radius 1 is 1.17 bits per heavy atom. The van der Waals surface area contributed by atoms with E-state index in [1.54, 1.807) is 6.21 Å². The highest BCUT2D eigenvalue weighted by Crippen LogP contribution is 2.30. The molecule has 0 saturated heterocycles. The quantitative estimate of drug-likeness (QED) is 0.311. The summed E-state index contributed by atoms with van der Waals surface area (Å²) < 4.78 is 6.88. The lowest BCUT2D eigenvalue weighted by Crippen LogP contribution is -1.90. The second-order valence-corrected chi connectivity index (χ2v) is 8.44. The molecule has 0 aliphatic heterocycles. The number of benzene rings is 3. The van der Waals surface area contributed by atoms with Crippen LogP contribution in [0.4, 0.5) is 5.69 Å². The van der Waals surface area contributed by atoms with Crippen molar-refractivity contribution in [3.05, 3.63) is 75.8 Å². The van der Waals surface area contributed by atoms with Gasteiger partial charge in [-0.3, -0.25) is 4.99 Å². The van der Waals surface area contributed by atoms with Gasteiger partial charge in [0.1, 0.15) is 11.3 Å². The number of aliphatic imine (C=N–C) groups is 1.